The van der Waals surface area contributed by atoms with Crippen LogP contribution < -0.4 is 0 Å². The van der Waals surface area contributed by atoms with E-state index in [1.165, 1.54) is 27.8 Å². The Morgan fingerprint density at radius 2 is 1.61 bits per heavy atom. The summed E-state index contributed by atoms with van der Waals surface area (Å²) in [6.07, 6.45) is 6.01. The van der Waals surface area contributed by atoms with E-state index in [0.717, 1.165) is 47.7 Å². The van der Waals surface area contributed by atoms with Crippen LogP contribution in [0.3, 0.4) is 0 Å². The van der Waals surface area contributed by atoms with Crippen molar-refractivity contribution in [2.24, 2.45) is 21.9 Å². The molecule has 1 fully saturated rings. The Hall–Kier alpha value is -3.66. The fourth-order valence-electron chi connectivity index (χ4n) is 6.39. The summed E-state index contributed by atoms with van der Waals surface area (Å²) in [5.41, 5.74) is 8.46. The molecular formula is C34H37NO3. The third-order valence-corrected chi connectivity index (χ3v) is 8.71. The Kier molecular flexibility index (Phi) is 6.54. The lowest BCUT2D eigenvalue weighted by Gasteiger charge is -2.51. The second-order valence-corrected chi connectivity index (χ2v) is 12.4. The highest BCUT2D eigenvalue weighted by molar-refractivity contribution is 6.09. The van der Waals surface area contributed by atoms with Crippen LogP contribution in [0.2, 0.25) is 0 Å². The molecule has 0 saturated heterocycles. The number of allylic oxidation sites excluding steroid dienone is 4. The van der Waals surface area contributed by atoms with Crippen molar-refractivity contribution in [1.82, 2.24) is 0 Å². The van der Waals surface area contributed by atoms with E-state index in [1.807, 2.05) is 12.1 Å². The highest BCUT2D eigenvalue weighted by atomic mass is 16.4. The zero-order valence-corrected chi connectivity index (χ0v) is 23.0. The van der Waals surface area contributed by atoms with Gasteiger partial charge in [0.1, 0.15) is 0 Å². The number of hydrogen-bond donors (Lipinski definition) is 2. The molecule has 0 heterocycles. The van der Waals surface area contributed by atoms with E-state index in [4.69, 9.17) is 0 Å². The van der Waals surface area contributed by atoms with Gasteiger partial charge in [0.05, 0.1) is 11.3 Å². The topological polar surface area (TPSA) is 69.9 Å². The number of aryl methyl sites for hydroxylation is 2. The number of carboxylic acids is 1. The fraction of sp³-hybridized carbons (Fsp3) is 0.353. The van der Waals surface area contributed by atoms with Gasteiger partial charge in [0.2, 0.25) is 0 Å². The van der Waals surface area contributed by atoms with Crippen molar-refractivity contribution >= 4 is 28.0 Å². The Labute approximate surface area is 225 Å². The molecule has 2 N–H and O–H groups in total. The molecule has 2 aliphatic carbocycles. The molecule has 0 spiro atoms. The van der Waals surface area contributed by atoms with Crippen LogP contribution in [0.5, 0.6) is 0 Å². The number of aromatic carboxylic acids is 1. The van der Waals surface area contributed by atoms with Gasteiger partial charge in [-0.25, -0.2) is 4.79 Å². The maximum atomic E-state index is 11.3. The number of nitrogens with zero attached hydrogens (tertiary/aromatic N) is 1. The van der Waals surface area contributed by atoms with Gasteiger partial charge in [-0.15, -0.1) is 0 Å². The number of rotatable bonds is 5. The van der Waals surface area contributed by atoms with E-state index < -0.39 is 5.97 Å². The Morgan fingerprint density at radius 3 is 2.29 bits per heavy atom. The molecule has 0 aromatic heterocycles. The third-order valence-electron chi connectivity index (χ3n) is 8.71. The largest absolute Gasteiger partial charge is 0.478 e. The minimum absolute atomic E-state index is 0.00548. The van der Waals surface area contributed by atoms with Crippen LogP contribution in [0, 0.1) is 23.7 Å². The number of fused-ring (bicyclic) bond motifs is 2. The van der Waals surface area contributed by atoms with Crippen molar-refractivity contribution < 1.29 is 15.1 Å². The van der Waals surface area contributed by atoms with E-state index in [1.54, 1.807) is 12.1 Å². The lowest BCUT2D eigenvalue weighted by molar-refractivity contribution is 0.0697. The smallest absolute Gasteiger partial charge is 0.335 e. The van der Waals surface area contributed by atoms with Crippen LogP contribution in [0.4, 0.5) is 0 Å². The van der Waals surface area contributed by atoms with Gasteiger partial charge in [-0.2, -0.15) is 0 Å². The quantitative estimate of drug-likeness (QED) is 0.269. The van der Waals surface area contributed by atoms with Crippen molar-refractivity contribution in [3.8, 4) is 0 Å². The molecule has 38 heavy (non-hydrogen) atoms. The van der Waals surface area contributed by atoms with Gasteiger partial charge in [-0.3, -0.25) is 0 Å². The first kappa shape index (κ1) is 26.0. The summed E-state index contributed by atoms with van der Waals surface area (Å²) >= 11 is 0. The molecule has 0 radical (unpaired) electrons. The molecular weight excluding hydrogens is 470 g/mol. The lowest BCUT2D eigenvalue weighted by Crippen LogP contribution is -2.45. The highest BCUT2D eigenvalue weighted by Crippen LogP contribution is 2.57. The third kappa shape index (κ3) is 4.69. The fourth-order valence-corrected chi connectivity index (χ4v) is 6.39. The molecule has 1 atom stereocenters. The first-order chi connectivity index (χ1) is 18.0. The zero-order chi connectivity index (χ0) is 27.2. The Balaban J connectivity index is 1.56. The molecule has 3 aromatic rings. The van der Waals surface area contributed by atoms with E-state index in [-0.39, 0.29) is 16.7 Å². The second kappa shape index (κ2) is 9.58. The number of oxime groups is 1. The summed E-state index contributed by atoms with van der Waals surface area (Å²) in [4.78, 5) is 11.3. The maximum absolute atomic E-state index is 11.3. The number of carbonyl (C=O) groups is 1. The molecule has 196 valence electrons. The van der Waals surface area contributed by atoms with Gasteiger partial charge >= 0.3 is 5.97 Å². The molecule has 0 amide bonds. The van der Waals surface area contributed by atoms with Crippen LogP contribution in [0.25, 0.3) is 16.3 Å². The minimum atomic E-state index is -0.915. The van der Waals surface area contributed by atoms with Crippen LogP contribution in [-0.2, 0) is 6.42 Å². The van der Waals surface area contributed by atoms with E-state index in [0.29, 0.717) is 5.56 Å². The average Bonchev–Trinajstić information content (AvgIpc) is 2.89. The Morgan fingerprint density at radius 1 is 0.921 bits per heavy atom. The van der Waals surface area contributed by atoms with Gasteiger partial charge in [-0.05, 0) is 100 Å². The monoisotopic (exact) mass is 507 g/mol. The summed E-state index contributed by atoms with van der Waals surface area (Å²) < 4.78 is 0. The number of hydrogen-bond acceptors (Lipinski definition) is 3. The summed E-state index contributed by atoms with van der Waals surface area (Å²) in [6, 6.07) is 20.2. The molecule has 0 bridgehead atoms. The summed E-state index contributed by atoms with van der Waals surface area (Å²) in [7, 11) is 0. The van der Waals surface area contributed by atoms with Crippen molar-refractivity contribution in [2.75, 3.05) is 0 Å². The normalized spacial score (nSPS) is 21.3. The van der Waals surface area contributed by atoms with E-state index >= 15 is 0 Å². The molecule has 1 saturated carbocycles. The van der Waals surface area contributed by atoms with Crippen molar-refractivity contribution in [3.63, 3.8) is 0 Å². The first-order valence-corrected chi connectivity index (χ1v) is 13.5. The van der Waals surface area contributed by atoms with Gasteiger partial charge < -0.3 is 10.3 Å². The first-order valence-electron chi connectivity index (χ1n) is 13.5. The van der Waals surface area contributed by atoms with Crippen LogP contribution >= 0.6 is 0 Å². The number of benzene rings is 3. The molecule has 4 nitrogen and oxygen atoms in total. The zero-order valence-electron chi connectivity index (χ0n) is 23.0. The van der Waals surface area contributed by atoms with Crippen molar-refractivity contribution in [1.29, 1.82) is 0 Å². The van der Waals surface area contributed by atoms with Gasteiger partial charge in [0, 0.05) is 5.92 Å². The van der Waals surface area contributed by atoms with Crippen LogP contribution in [-0.4, -0.2) is 22.0 Å². The SMILES string of the molecule is Cc1ccc(C2=C3C(C(=NO)C(CCc4ccc5cc(C(=O)O)ccc5c4)=C2)C(C)(C)CCC3(C)C)cc1. The van der Waals surface area contributed by atoms with Crippen LogP contribution in [0.1, 0.15) is 74.0 Å². The van der Waals surface area contributed by atoms with Crippen LogP contribution in [0.15, 0.2) is 83.0 Å². The van der Waals surface area contributed by atoms with E-state index in [2.05, 4.69) is 82.2 Å². The van der Waals surface area contributed by atoms with Crippen molar-refractivity contribution in [2.45, 2.75) is 60.3 Å². The van der Waals surface area contributed by atoms with Crippen molar-refractivity contribution in [3.05, 3.63) is 100 Å². The van der Waals surface area contributed by atoms with Gasteiger partial charge in [0.25, 0.3) is 0 Å². The molecule has 4 heteroatoms. The minimum Gasteiger partial charge on any atom is -0.478 e. The Bertz CT molecular complexity index is 1500. The molecule has 0 aliphatic heterocycles. The van der Waals surface area contributed by atoms with Gasteiger partial charge in [-0.1, -0.05) is 86.9 Å². The maximum Gasteiger partial charge on any atom is 0.335 e. The molecule has 5 rings (SSSR count). The number of carboxylic acid groups (broad SMARTS) is 1. The highest BCUT2D eigenvalue weighted by Gasteiger charge is 2.49. The predicted molar refractivity (Wildman–Crippen MR) is 155 cm³/mol. The van der Waals surface area contributed by atoms with E-state index in [9.17, 15) is 15.1 Å². The summed E-state index contributed by atoms with van der Waals surface area (Å²) in [5, 5.41) is 25.6. The molecule has 3 aromatic carbocycles. The van der Waals surface area contributed by atoms with Gasteiger partial charge in [0.15, 0.2) is 0 Å². The predicted octanol–water partition coefficient (Wildman–Crippen LogP) is 8.47. The second-order valence-electron chi connectivity index (χ2n) is 12.4. The average molecular weight is 508 g/mol. The molecule has 1 unspecified atom stereocenters. The summed E-state index contributed by atoms with van der Waals surface area (Å²) in [5.74, 6) is -0.861. The summed E-state index contributed by atoms with van der Waals surface area (Å²) in [6.45, 7) is 11.4. The standard InChI is InChI=1S/C34H37NO3/c1-21-6-10-23(11-7-21)28-20-26(31(35-38)30-29(28)33(2,3)16-17-34(30,4)5)13-9-22-8-12-25-19-27(32(36)37)15-14-24(25)18-22/h6-8,10-12,14-15,18-20,30,38H,9,13,16-17H2,1-5H3,(H,36,37). The lowest BCUT2D eigenvalue weighted by atomic mass is 9.53. The molecule has 2 aliphatic rings.